The van der Waals surface area contributed by atoms with Crippen LogP contribution in [0, 0.1) is 0 Å². The Kier molecular flexibility index (Phi) is 6.42. The van der Waals surface area contributed by atoms with Crippen LogP contribution in [0.25, 0.3) is 32.8 Å². The van der Waals surface area contributed by atoms with Gasteiger partial charge in [0.1, 0.15) is 5.75 Å². The summed E-state index contributed by atoms with van der Waals surface area (Å²) in [5, 5.41) is 0. The molecule has 4 nitrogen and oxygen atoms in total. The van der Waals surface area contributed by atoms with E-state index in [-0.39, 0.29) is 5.91 Å². The Morgan fingerprint density at radius 3 is 2.00 bits per heavy atom. The number of benzene rings is 4. The van der Waals surface area contributed by atoms with Gasteiger partial charge in [-0.1, -0.05) is 102 Å². The summed E-state index contributed by atoms with van der Waals surface area (Å²) >= 11 is 1.51. The lowest BCUT2D eigenvalue weighted by molar-refractivity contribution is 0.0997. The molecule has 1 aromatic heterocycles. The van der Waals surface area contributed by atoms with Crippen molar-refractivity contribution in [1.82, 2.24) is 4.57 Å². The van der Waals surface area contributed by atoms with E-state index in [0.29, 0.717) is 16.1 Å². The number of methoxy groups -OCH3 is 1. The minimum absolute atomic E-state index is 0.300. The Morgan fingerprint density at radius 2 is 1.34 bits per heavy atom. The van der Waals surface area contributed by atoms with E-state index in [1.165, 1.54) is 16.9 Å². The van der Waals surface area contributed by atoms with Crippen LogP contribution < -0.4 is 9.54 Å². The predicted molar refractivity (Wildman–Crippen MR) is 142 cm³/mol. The van der Waals surface area contributed by atoms with Gasteiger partial charge in [-0.25, -0.2) is 0 Å². The average Bonchev–Trinajstić information content (AvgIpc) is 3.25. The van der Waals surface area contributed by atoms with Crippen LogP contribution in [-0.4, -0.2) is 17.6 Å². The topological polar surface area (TPSA) is 43.6 Å². The molecule has 0 radical (unpaired) electrons. The maximum absolute atomic E-state index is 13.0. The summed E-state index contributed by atoms with van der Waals surface area (Å²) in [5.41, 5.74) is 6.01. The highest BCUT2D eigenvalue weighted by molar-refractivity contribution is 7.13. The zero-order valence-corrected chi connectivity index (χ0v) is 20.3. The fourth-order valence-electron chi connectivity index (χ4n) is 4.02. The number of rotatable bonds is 5. The second-order valence-electron chi connectivity index (χ2n) is 8.08. The van der Waals surface area contributed by atoms with Gasteiger partial charge in [-0.3, -0.25) is 4.79 Å². The molecule has 0 unspecified atom stereocenters. The van der Waals surface area contributed by atoms with Crippen LogP contribution in [0.5, 0.6) is 5.75 Å². The molecule has 5 aromatic rings. The first-order valence-corrected chi connectivity index (χ1v) is 12.1. The molecule has 1 heterocycles. The summed E-state index contributed by atoms with van der Waals surface area (Å²) in [6, 6.07) is 36.1. The summed E-state index contributed by atoms with van der Waals surface area (Å²) in [6.45, 7) is 0. The Balaban J connectivity index is 1.62. The molecular weight excluding hydrogens is 452 g/mol. The lowest BCUT2D eigenvalue weighted by Crippen LogP contribution is -2.14. The van der Waals surface area contributed by atoms with E-state index < -0.39 is 0 Å². The normalized spacial score (nSPS) is 11.4. The molecule has 172 valence electrons. The molecule has 0 saturated heterocycles. The molecule has 0 atom stereocenters. The zero-order valence-electron chi connectivity index (χ0n) is 19.5. The van der Waals surface area contributed by atoms with Gasteiger partial charge >= 0.3 is 0 Å². The largest absolute Gasteiger partial charge is 0.497 e. The van der Waals surface area contributed by atoms with E-state index in [0.717, 1.165) is 27.3 Å². The summed E-state index contributed by atoms with van der Waals surface area (Å²) in [7, 11) is 3.54. The van der Waals surface area contributed by atoms with E-state index in [9.17, 15) is 4.79 Å². The molecule has 5 rings (SSSR count). The van der Waals surface area contributed by atoms with Gasteiger partial charge in [-0.05, 0) is 40.5 Å². The van der Waals surface area contributed by atoms with Crippen molar-refractivity contribution >= 4 is 17.2 Å². The third-order valence-electron chi connectivity index (χ3n) is 5.85. The second kappa shape index (κ2) is 9.95. The number of aromatic nitrogens is 1. The van der Waals surface area contributed by atoms with Crippen LogP contribution in [-0.2, 0) is 7.05 Å². The summed E-state index contributed by atoms with van der Waals surface area (Å²) in [4.78, 5) is 19.2. The van der Waals surface area contributed by atoms with Gasteiger partial charge in [0, 0.05) is 12.6 Å². The number of carbonyl (C=O) groups excluding carboxylic acids is 1. The third-order valence-corrected chi connectivity index (χ3v) is 7.03. The Hall–Kier alpha value is -4.22. The molecule has 0 aliphatic carbocycles. The van der Waals surface area contributed by atoms with Crippen LogP contribution in [0.15, 0.2) is 114 Å². The average molecular weight is 477 g/mol. The Bertz CT molecular complexity index is 1530. The van der Waals surface area contributed by atoms with E-state index in [1.807, 2.05) is 54.1 Å². The van der Waals surface area contributed by atoms with Crippen molar-refractivity contribution < 1.29 is 9.53 Å². The summed E-state index contributed by atoms with van der Waals surface area (Å²) < 4.78 is 7.27. The number of ether oxygens (including phenoxy) is 1. The van der Waals surface area contributed by atoms with Crippen molar-refractivity contribution in [1.29, 1.82) is 0 Å². The van der Waals surface area contributed by atoms with Crippen LogP contribution in [0.2, 0.25) is 0 Å². The van der Waals surface area contributed by atoms with Gasteiger partial charge in [0.05, 0.1) is 17.7 Å². The molecule has 0 aliphatic rings. The van der Waals surface area contributed by atoms with E-state index in [2.05, 4.69) is 53.5 Å². The number of amides is 1. The summed E-state index contributed by atoms with van der Waals surface area (Å²) in [6.07, 6.45) is 0. The van der Waals surface area contributed by atoms with Gasteiger partial charge in [-0.2, -0.15) is 4.99 Å². The first-order chi connectivity index (χ1) is 17.1. The standard InChI is InChI=1S/C30H24N2O2S/c1-32-27(23-18-16-22(17-19-23)21-10-5-3-6-11-21)28(24-12-7-4-8-13-24)35-30(32)31-29(33)25-14-9-15-26(20-25)34-2/h3-20H,1-2H3. The molecule has 1 amide bonds. The molecule has 0 bridgehead atoms. The minimum atomic E-state index is -0.300. The van der Waals surface area contributed by atoms with Crippen molar-refractivity contribution in [3.05, 3.63) is 120 Å². The highest BCUT2D eigenvalue weighted by Crippen LogP contribution is 2.35. The van der Waals surface area contributed by atoms with Gasteiger partial charge < -0.3 is 9.30 Å². The smallest absolute Gasteiger partial charge is 0.279 e. The van der Waals surface area contributed by atoms with Crippen LogP contribution in [0.4, 0.5) is 0 Å². The molecular formula is C30H24N2O2S. The van der Waals surface area contributed by atoms with Gasteiger partial charge in [0.2, 0.25) is 0 Å². The Morgan fingerprint density at radius 1 is 0.743 bits per heavy atom. The lowest BCUT2D eigenvalue weighted by Gasteiger charge is -2.09. The summed E-state index contributed by atoms with van der Waals surface area (Å²) in [5.74, 6) is 0.331. The number of carbonyl (C=O) groups is 1. The highest BCUT2D eigenvalue weighted by Gasteiger charge is 2.16. The second-order valence-corrected chi connectivity index (χ2v) is 9.06. The SMILES string of the molecule is COc1cccc(C(=O)N=c2sc(-c3ccccc3)c(-c3ccc(-c4ccccc4)cc3)n2C)c1. The van der Waals surface area contributed by atoms with Crippen molar-refractivity contribution in [2.45, 2.75) is 0 Å². The molecule has 0 N–H and O–H groups in total. The molecule has 35 heavy (non-hydrogen) atoms. The molecule has 0 saturated carbocycles. The molecule has 0 aliphatic heterocycles. The van der Waals surface area contributed by atoms with Crippen molar-refractivity contribution in [3.8, 4) is 38.6 Å². The quantitative estimate of drug-likeness (QED) is 0.279. The van der Waals surface area contributed by atoms with Gasteiger partial charge in [0.15, 0.2) is 4.80 Å². The number of hydrogen-bond acceptors (Lipinski definition) is 3. The lowest BCUT2D eigenvalue weighted by atomic mass is 10.0. The maximum atomic E-state index is 13.0. The molecule has 4 aromatic carbocycles. The monoisotopic (exact) mass is 476 g/mol. The first kappa shape index (κ1) is 22.6. The van der Waals surface area contributed by atoms with Crippen LogP contribution in [0.3, 0.4) is 0 Å². The van der Waals surface area contributed by atoms with Crippen LogP contribution in [0.1, 0.15) is 10.4 Å². The predicted octanol–water partition coefficient (Wildman–Crippen LogP) is 6.84. The van der Waals surface area contributed by atoms with Crippen LogP contribution >= 0.6 is 11.3 Å². The van der Waals surface area contributed by atoms with E-state index in [1.54, 1.807) is 25.3 Å². The number of hydrogen-bond donors (Lipinski definition) is 0. The van der Waals surface area contributed by atoms with Gasteiger partial charge in [-0.15, -0.1) is 0 Å². The van der Waals surface area contributed by atoms with Crippen molar-refractivity contribution in [2.24, 2.45) is 12.0 Å². The minimum Gasteiger partial charge on any atom is -0.497 e. The van der Waals surface area contributed by atoms with E-state index >= 15 is 0 Å². The fourth-order valence-corrected chi connectivity index (χ4v) is 5.17. The number of thiazole rings is 1. The molecule has 0 spiro atoms. The molecule has 0 fully saturated rings. The van der Waals surface area contributed by atoms with Gasteiger partial charge in [0.25, 0.3) is 5.91 Å². The van der Waals surface area contributed by atoms with Crippen molar-refractivity contribution in [3.63, 3.8) is 0 Å². The maximum Gasteiger partial charge on any atom is 0.279 e. The zero-order chi connectivity index (χ0) is 24.2. The van der Waals surface area contributed by atoms with E-state index in [4.69, 9.17) is 4.74 Å². The Labute approximate surface area is 208 Å². The molecule has 5 heteroatoms. The number of nitrogens with zero attached hydrogens (tertiary/aromatic N) is 2. The highest BCUT2D eigenvalue weighted by atomic mass is 32.1. The van der Waals surface area contributed by atoms with Crippen molar-refractivity contribution in [2.75, 3.05) is 7.11 Å². The third kappa shape index (κ3) is 4.72. The fraction of sp³-hybridized carbons (Fsp3) is 0.0667. The first-order valence-electron chi connectivity index (χ1n) is 11.3.